The molecule has 2 aromatic carbocycles. The van der Waals surface area contributed by atoms with Crippen LogP contribution in [0.5, 0.6) is 0 Å². The summed E-state index contributed by atoms with van der Waals surface area (Å²) in [5, 5.41) is 12.1. The van der Waals surface area contributed by atoms with Gasteiger partial charge in [-0.25, -0.2) is 0 Å². The Labute approximate surface area is 113 Å². The lowest BCUT2D eigenvalue weighted by molar-refractivity contribution is 1.13. The lowest BCUT2D eigenvalue weighted by atomic mass is 10.1. The van der Waals surface area contributed by atoms with Gasteiger partial charge in [0.2, 0.25) is 0 Å². The van der Waals surface area contributed by atoms with Crippen molar-refractivity contribution in [2.45, 2.75) is 20.4 Å². The van der Waals surface area contributed by atoms with E-state index in [1.165, 1.54) is 16.7 Å². The molecule has 3 heteroatoms. The molecule has 0 saturated carbocycles. The summed E-state index contributed by atoms with van der Waals surface area (Å²) in [6, 6.07) is 13.8. The van der Waals surface area contributed by atoms with Crippen LogP contribution in [-0.2, 0) is 6.54 Å². The lowest BCUT2D eigenvalue weighted by Gasteiger charge is -2.10. The Morgan fingerprint density at radius 1 is 1.11 bits per heavy atom. The third-order valence-electron chi connectivity index (χ3n) is 3.23. The van der Waals surface area contributed by atoms with Crippen molar-refractivity contribution in [1.29, 1.82) is 5.26 Å². The van der Waals surface area contributed by atoms with E-state index in [1.54, 1.807) is 12.1 Å². The topological polar surface area (TPSA) is 61.8 Å². The second-order valence-corrected chi connectivity index (χ2v) is 4.69. The zero-order chi connectivity index (χ0) is 13.8. The normalized spacial score (nSPS) is 9.95. The number of hydrogen-bond acceptors (Lipinski definition) is 3. The number of benzene rings is 2. The van der Waals surface area contributed by atoms with Crippen molar-refractivity contribution in [1.82, 2.24) is 0 Å². The first-order valence-corrected chi connectivity index (χ1v) is 6.20. The highest BCUT2D eigenvalue weighted by Gasteiger charge is 2.01. The number of anilines is 2. The Kier molecular flexibility index (Phi) is 3.72. The summed E-state index contributed by atoms with van der Waals surface area (Å²) >= 11 is 0. The largest absolute Gasteiger partial charge is 0.397 e. The molecule has 0 unspecified atom stereocenters. The van der Waals surface area contributed by atoms with Crippen molar-refractivity contribution >= 4 is 11.4 Å². The summed E-state index contributed by atoms with van der Waals surface area (Å²) in [7, 11) is 0. The molecule has 0 radical (unpaired) electrons. The van der Waals surface area contributed by atoms with E-state index in [-0.39, 0.29) is 0 Å². The fraction of sp³-hybridized carbons (Fsp3) is 0.188. The molecule has 0 heterocycles. The van der Waals surface area contributed by atoms with Gasteiger partial charge in [-0.15, -0.1) is 0 Å². The quantitative estimate of drug-likeness (QED) is 0.822. The minimum absolute atomic E-state index is 0.578. The fourth-order valence-corrected chi connectivity index (χ4v) is 1.90. The molecular formula is C16H17N3. The number of nitrogen functional groups attached to an aromatic ring is 1. The van der Waals surface area contributed by atoms with Gasteiger partial charge in [-0.05, 0) is 48.7 Å². The lowest BCUT2D eigenvalue weighted by Crippen LogP contribution is -2.03. The van der Waals surface area contributed by atoms with Gasteiger partial charge >= 0.3 is 0 Å². The summed E-state index contributed by atoms with van der Waals surface area (Å²) in [6.07, 6.45) is 0. The molecule has 2 aromatic rings. The molecule has 2 rings (SSSR count). The summed E-state index contributed by atoms with van der Waals surface area (Å²) < 4.78 is 0. The van der Waals surface area contributed by atoms with Crippen molar-refractivity contribution in [2.75, 3.05) is 11.1 Å². The maximum atomic E-state index is 8.79. The molecule has 0 saturated heterocycles. The summed E-state index contributed by atoms with van der Waals surface area (Å²) in [5.74, 6) is 0. The van der Waals surface area contributed by atoms with Crippen LogP contribution in [0.25, 0.3) is 0 Å². The molecule has 19 heavy (non-hydrogen) atoms. The molecule has 0 fully saturated rings. The van der Waals surface area contributed by atoms with Crippen LogP contribution in [0, 0.1) is 25.2 Å². The van der Waals surface area contributed by atoms with Gasteiger partial charge in [0.25, 0.3) is 0 Å². The van der Waals surface area contributed by atoms with E-state index in [9.17, 15) is 0 Å². The SMILES string of the molecule is Cc1ccc(CNc2ccc(C#N)cc2N)cc1C. The number of hydrogen-bond donors (Lipinski definition) is 2. The number of nitrogens with one attached hydrogen (secondary N) is 1. The number of aryl methyl sites for hydroxylation is 2. The third kappa shape index (κ3) is 3.05. The highest BCUT2D eigenvalue weighted by atomic mass is 14.9. The molecule has 0 aliphatic rings. The van der Waals surface area contributed by atoms with E-state index in [1.807, 2.05) is 6.07 Å². The second kappa shape index (κ2) is 5.45. The van der Waals surface area contributed by atoms with Crippen LogP contribution < -0.4 is 11.1 Å². The molecule has 0 aliphatic carbocycles. The maximum absolute atomic E-state index is 8.79. The van der Waals surface area contributed by atoms with Gasteiger partial charge in [0.15, 0.2) is 0 Å². The van der Waals surface area contributed by atoms with Gasteiger partial charge in [0.1, 0.15) is 0 Å². The van der Waals surface area contributed by atoms with Gasteiger partial charge in [-0.2, -0.15) is 5.26 Å². The monoisotopic (exact) mass is 251 g/mol. The van der Waals surface area contributed by atoms with Gasteiger partial charge in [-0.1, -0.05) is 18.2 Å². The highest BCUT2D eigenvalue weighted by molar-refractivity contribution is 5.68. The van der Waals surface area contributed by atoms with Crippen molar-refractivity contribution in [2.24, 2.45) is 0 Å². The van der Waals surface area contributed by atoms with Gasteiger partial charge < -0.3 is 11.1 Å². The number of nitrogens with zero attached hydrogens (tertiary/aromatic N) is 1. The van der Waals surface area contributed by atoms with Crippen molar-refractivity contribution < 1.29 is 0 Å². The van der Waals surface area contributed by atoms with Crippen LogP contribution in [-0.4, -0.2) is 0 Å². The summed E-state index contributed by atoms with van der Waals surface area (Å²) in [4.78, 5) is 0. The number of nitrogens with two attached hydrogens (primary N) is 1. The van der Waals surface area contributed by atoms with Gasteiger partial charge in [-0.3, -0.25) is 0 Å². The fourth-order valence-electron chi connectivity index (χ4n) is 1.90. The molecule has 96 valence electrons. The Hall–Kier alpha value is -2.47. The Bertz CT molecular complexity index is 639. The summed E-state index contributed by atoms with van der Waals surface area (Å²) in [6.45, 7) is 4.93. The number of rotatable bonds is 3. The molecule has 3 nitrogen and oxygen atoms in total. The van der Waals surface area contributed by atoms with Crippen LogP contribution in [0.2, 0.25) is 0 Å². The molecule has 0 amide bonds. The Balaban J connectivity index is 2.10. The Morgan fingerprint density at radius 3 is 2.53 bits per heavy atom. The molecule has 0 bridgehead atoms. The van der Waals surface area contributed by atoms with Crippen LogP contribution in [0.4, 0.5) is 11.4 Å². The van der Waals surface area contributed by atoms with Crippen LogP contribution in [0.1, 0.15) is 22.3 Å². The molecule has 3 N–H and O–H groups in total. The predicted molar refractivity (Wildman–Crippen MR) is 78.8 cm³/mol. The van der Waals surface area contributed by atoms with Crippen molar-refractivity contribution in [3.8, 4) is 6.07 Å². The summed E-state index contributed by atoms with van der Waals surface area (Å²) in [5.41, 5.74) is 11.7. The minimum atomic E-state index is 0.578. The van der Waals surface area contributed by atoms with Crippen LogP contribution in [0.3, 0.4) is 0 Å². The molecule has 0 aliphatic heterocycles. The second-order valence-electron chi connectivity index (χ2n) is 4.69. The number of nitriles is 1. The third-order valence-corrected chi connectivity index (χ3v) is 3.23. The van der Waals surface area contributed by atoms with Gasteiger partial charge in [0, 0.05) is 6.54 Å². The van der Waals surface area contributed by atoms with E-state index < -0.39 is 0 Å². The Morgan fingerprint density at radius 2 is 1.89 bits per heavy atom. The van der Waals surface area contributed by atoms with Crippen LogP contribution in [0.15, 0.2) is 36.4 Å². The highest BCUT2D eigenvalue weighted by Crippen LogP contribution is 2.20. The molecule has 0 atom stereocenters. The van der Waals surface area contributed by atoms with E-state index in [0.29, 0.717) is 11.3 Å². The predicted octanol–water partition coefficient (Wildman–Crippen LogP) is 3.37. The van der Waals surface area contributed by atoms with E-state index in [0.717, 1.165) is 12.2 Å². The minimum Gasteiger partial charge on any atom is -0.397 e. The van der Waals surface area contributed by atoms with Crippen molar-refractivity contribution in [3.05, 3.63) is 58.7 Å². The van der Waals surface area contributed by atoms with E-state index in [4.69, 9.17) is 11.0 Å². The van der Waals surface area contributed by atoms with Crippen molar-refractivity contribution in [3.63, 3.8) is 0 Å². The first-order chi connectivity index (χ1) is 9.10. The first kappa shape index (κ1) is 13.0. The average Bonchev–Trinajstić information content (AvgIpc) is 2.41. The zero-order valence-electron chi connectivity index (χ0n) is 11.2. The average molecular weight is 251 g/mol. The molecule has 0 aromatic heterocycles. The van der Waals surface area contributed by atoms with E-state index in [2.05, 4.69) is 43.4 Å². The first-order valence-electron chi connectivity index (χ1n) is 6.20. The maximum Gasteiger partial charge on any atom is 0.0992 e. The standard InChI is InChI=1S/C16H17N3/c1-11-3-4-14(7-12(11)2)10-19-16-6-5-13(9-17)8-15(16)18/h3-8,19H,10,18H2,1-2H3. The van der Waals surface area contributed by atoms with Crippen LogP contribution >= 0.6 is 0 Å². The smallest absolute Gasteiger partial charge is 0.0992 e. The van der Waals surface area contributed by atoms with E-state index >= 15 is 0 Å². The molecule has 0 spiro atoms. The van der Waals surface area contributed by atoms with Gasteiger partial charge in [0.05, 0.1) is 23.0 Å². The zero-order valence-corrected chi connectivity index (χ0v) is 11.2. The molecular weight excluding hydrogens is 234 g/mol.